The standard InChI is InChI=1S/C18H20N2O2/c1-21-17-9-5-7-13(18(17)22-2)14(10-19)15-11-20-16-8-4-3-6-12(15)16/h3-9,11,14,20H,10,19H2,1-2H3/t14-/m0/s1. The summed E-state index contributed by atoms with van der Waals surface area (Å²) >= 11 is 0. The van der Waals surface area contributed by atoms with Gasteiger partial charge in [0, 0.05) is 35.1 Å². The number of aromatic nitrogens is 1. The zero-order chi connectivity index (χ0) is 15.5. The van der Waals surface area contributed by atoms with Crippen LogP contribution in [0.5, 0.6) is 11.5 Å². The average molecular weight is 296 g/mol. The highest BCUT2D eigenvalue weighted by Gasteiger charge is 2.22. The summed E-state index contributed by atoms with van der Waals surface area (Å²) < 4.78 is 11.0. The molecule has 4 heteroatoms. The van der Waals surface area contributed by atoms with E-state index in [9.17, 15) is 0 Å². The van der Waals surface area contributed by atoms with E-state index in [1.165, 1.54) is 10.9 Å². The topological polar surface area (TPSA) is 60.3 Å². The summed E-state index contributed by atoms with van der Waals surface area (Å²) in [6.07, 6.45) is 2.03. The van der Waals surface area contributed by atoms with Crippen molar-refractivity contribution >= 4 is 10.9 Å². The fourth-order valence-electron chi connectivity index (χ4n) is 2.99. The Morgan fingerprint density at radius 1 is 1.00 bits per heavy atom. The van der Waals surface area contributed by atoms with Crippen molar-refractivity contribution in [3.05, 3.63) is 59.8 Å². The van der Waals surface area contributed by atoms with Crippen molar-refractivity contribution in [2.45, 2.75) is 5.92 Å². The van der Waals surface area contributed by atoms with Crippen molar-refractivity contribution in [2.24, 2.45) is 5.73 Å². The van der Waals surface area contributed by atoms with Crippen molar-refractivity contribution < 1.29 is 9.47 Å². The van der Waals surface area contributed by atoms with Crippen LogP contribution in [0.1, 0.15) is 17.0 Å². The van der Waals surface area contributed by atoms with Gasteiger partial charge >= 0.3 is 0 Å². The molecular weight excluding hydrogens is 276 g/mol. The van der Waals surface area contributed by atoms with Crippen molar-refractivity contribution in [1.29, 1.82) is 0 Å². The molecule has 0 aliphatic carbocycles. The summed E-state index contributed by atoms with van der Waals surface area (Å²) in [4.78, 5) is 3.31. The van der Waals surface area contributed by atoms with E-state index in [-0.39, 0.29) is 5.92 Å². The molecule has 0 aliphatic heterocycles. The molecule has 0 aliphatic rings. The Morgan fingerprint density at radius 3 is 2.55 bits per heavy atom. The van der Waals surface area contributed by atoms with Gasteiger partial charge in [-0.25, -0.2) is 0 Å². The normalized spacial score (nSPS) is 12.3. The van der Waals surface area contributed by atoms with Crippen molar-refractivity contribution in [3.8, 4) is 11.5 Å². The number of rotatable bonds is 5. The molecule has 4 nitrogen and oxygen atoms in total. The molecule has 3 aromatic rings. The lowest BCUT2D eigenvalue weighted by molar-refractivity contribution is 0.350. The third kappa shape index (κ3) is 2.31. The smallest absolute Gasteiger partial charge is 0.164 e. The van der Waals surface area contributed by atoms with Crippen LogP contribution in [0.4, 0.5) is 0 Å². The lowest BCUT2D eigenvalue weighted by atomic mass is 9.90. The largest absolute Gasteiger partial charge is 0.493 e. The zero-order valence-electron chi connectivity index (χ0n) is 12.8. The number of benzene rings is 2. The molecule has 0 bridgehead atoms. The van der Waals surface area contributed by atoms with Gasteiger partial charge in [0.2, 0.25) is 0 Å². The summed E-state index contributed by atoms with van der Waals surface area (Å²) in [6, 6.07) is 14.1. The van der Waals surface area contributed by atoms with Crippen LogP contribution in [0.2, 0.25) is 0 Å². The van der Waals surface area contributed by atoms with Crippen molar-refractivity contribution in [2.75, 3.05) is 20.8 Å². The van der Waals surface area contributed by atoms with Crippen LogP contribution < -0.4 is 15.2 Å². The minimum atomic E-state index is 0.0428. The molecule has 0 fully saturated rings. The second kappa shape index (κ2) is 6.12. The Balaban J connectivity index is 2.16. The molecular formula is C18H20N2O2. The van der Waals surface area contributed by atoms with Gasteiger partial charge in [-0.05, 0) is 17.7 Å². The first kappa shape index (κ1) is 14.5. The number of nitrogens with one attached hydrogen (secondary N) is 1. The maximum atomic E-state index is 6.09. The molecule has 1 atom stereocenters. The van der Waals surface area contributed by atoms with E-state index in [2.05, 4.69) is 17.1 Å². The van der Waals surface area contributed by atoms with Crippen LogP contribution in [-0.4, -0.2) is 25.7 Å². The second-order valence-corrected chi connectivity index (χ2v) is 5.16. The Hall–Kier alpha value is -2.46. The predicted molar refractivity (Wildman–Crippen MR) is 88.7 cm³/mol. The maximum absolute atomic E-state index is 6.09. The summed E-state index contributed by atoms with van der Waals surface area (Å²) in [7, 11) is 3.30. The highest BCUT2D eigenvalue weighted by atomic mass is 16.5. The number of hydrogen-bond acceptors (Lipinski definition) is 3. The van der Waals surface area contributed by atoms with E-state index in [0.29, 0.717) is 6.54 Å². The molecule has 1 heterocycles. The number of hydrogen-bond donors (Lipinski definition) is 2. The summed E-state index contributed by atoms with van der Waals surface area (Å²) in [5, 5.41) is 1.18. The number of para-hydroxylation sites is 2. The number of ether oxygens (including phenoxy) is 2. The summed E-state index contributed by atoms with van der Waals surface area (Å²) in [5.74, 6) is 1.50. The molecule has 0 saturated carbocycles. The van der Waals surface area contributed by atoms with Gasteiger partial charge in [-0.2, -0.15) is 0 Å². The Bertz CT molecular complexity index is 780. The highest BCUT2D eigenvalue weighted by Crippen LogP contribution is 2.39. The van der Waals surface area contributed by atoms with Crippen molar-refractivity contribution in [3.63, 3.8) is 0 Å². The molecule has 114 valence electrons. The van der Waals surface area contributed by atoms with Gasteiger partial charge in [0.1, 0.15) is 0 Å². The lowest BCUT2D eigenvalue weighted by Gasteiger charge is -2.19. The van der Waals surface area contributed by atoms with E-state index in [4.69, 9.17) is 15.2 Å². The third-order valence-corrected chi connectivity index (χ3v) is 4.04. The van der Waals surface area contributed by atoms with Gasteiger partial charge < -0.3 is 20.2 Å². The van der Waals surface area contributed by atoms with Gasteiger partial charge in [-0.15, -0.1) is 0 Å². The number of methoxy groups -OCH3 is 2. The second-order valence-electron chi connectivity index (χ2n) is 5.16. The third-order valence-electron chi connectivity index (χ3n) is 4.04. The number of H-pyrrole nitrogens is 1. The van der Waals surface area contributed by atoms with Crippen LogP contribution >= 0.6 is 0 Å². The number of nitrogens with two attached hydrogens (primary N) is 1. The minimum absolute atomic E-state index is 0.0428. The number of aromatic amines is 1. The number of fused-ring (bicyclic) bond motifs is 1. The predicted octanol–water partition coefficient (Wildman–Crippen LogP) is 3.28. The van der Waals surface area contributed by atoms with Gasteiger partial charge in [0.25, 0.3) is 0 Å². The Kier molecular flexibility index (Phi) is 4.02. The lowest BCUT2D eigenvalue weighted by Crippen LogP contribution is -2.14. The average Bonchev–Trinajstić information content (AvgIpc) is 2.99. The van der Waals surface area contributed by atoms with Crippen LogP contribution in [0, 0.1) is 0 Å². The van der Waals surface area contributed by atoms with Crippen molar-refractivity contribution in [1.82, 2.24) is 4.98 Å². The molecule has 3 rings (SSSR count). The van der Waals surface area contributed by atoms with Gasteiger partial charge in [-0.1, -0.05) is 30.3 Å². The minimum Gasteiger partial charge on any atom is -0.493 e. The molecule has 0 saturated heterocycles. The van der Waals surface area contributed by atoms with E-state index in [1.807, 2.05) is 36.5 Å². The molecule has 1 aromatic heterocycles. The molecule has 0 radical (unpaired) electrons. The first-order valence-electron chi connectivity index (χ1n) is 7.27. The fraction of sp³-hybridized carbons (Fsp3) is 0.222. The SMILES string of the molecule is COc1cccc([C@H](CN)c2c[nH]c3ccccc23)c1OC. The van der Waals surface area contributed by atoms with E-state index in [0.717, 1.165) is 22.6 Å². The highest BCUT2D eigenvalue weighted by molar-refractivity contribution is 5.84. The fourth-order valence-corrected chi connectivity index (χ4v) is 2.99. The maximum Gasteiger partial charge on any atom is 0.164 e. The van der Waals surface area contributed by atoms with E-state index < -0.39 is 0 Å². The molecule has 0 amide bonds. The molecule has 3 N–H and O–H groups in total. The molecule has 0 spiro atoms. The van der Waals surface area contributed by atoms with E-state index >= 15 is 0 Å². The summed E-state index contributed by atoms with van der Waals surface area (Å²) in [5.41, 5.74) is 9.41. The van der Waals surface area contributed by atoms with Gasteiger partial charge in [0.15, 0.2) is 11.5 Å². The van der Waals surface area contributed by atoms with Gasteiger partial charge in [-0.3, -0.25) is 0 Å². The first-order valence-corrected chi connectivity index (χ1v) is 7.27. The quantitative estimate of drug-likeness (QED) is 0.759. The molecule has 0 unspecified atom stereocenters. The Morgan fingerprint density at radius 2 is 1.82 bits per heavy atom. The van der Waals surface area contributed by atoms with Crippen LogP contribution in [0.3, 0.4) is 0 Å². The first-order chi connectivity index (χ1) is 10.8. The zero-order valence-corrected chi connectivity index (χ0v) is 12.8. The van der Waals surface area contributed by atoms with Gasteiger partial charge in [0.05, 0.1) is 14.2 Å². The van der Waals surface area contributed by atoms with E-state index in [1.54, 1.807) is 14.2 Å². The van der Waals surface area contributed by atoms with Crippen LogP contribution in [0.25, 0.3) is 10.9 Å². The Labute approximate surface area is 129 Å². The molecule has 2 aromatic carbocycles. The monoisotopic (exact) mass is 296 g/mol. The van der Waals surface area contributed by atoms with Crippen LogP contribution in [0.15, 0.2) is 48.7 Å². The van der Waals surface area contributed by atoms with Crippen LogP contribution in [-0.2, 0) is 0 Å². The summed E-state index contributed by atoms with van der Waals surface area (Å²) in [6.45, 7) is 0.491. The molecule has 22 heavy (non-hydrogen) atoms.